The van der Waals surface area contributed by atoms with Crippen LogP contribution in [0.25, 0.3) is 0 Å². The van der Waals surface area contributed by atoms with Crippen molar-refractivity contribution in [2.75, 3.05) is 24.4 Å². The van der Waals surface area contributed by atoms with Crippen LogP contribution in [0.2, 0.25) is 5.02 Å². The maximum atomic E-state index is 12.1. The molecule has 3 aromatic rings. The van der Waals surface area contributed by atoms with Gasteiger partial charge in [-0.2, -0.15) is 0 Å². The lowest BCUT2D eigenvalue weighted by atomic mass is 10.2. The molecular weight excluding hydrogens is 376 g/mol. The molecule has 0 atom stereocenters. The molecule has 1 amide bonds. The van der Waals surface area contributed by atoms with Crippen molar-refractivity contribution in [3.63, 3.8) is 0 Å². The molecule has 144 valence electrons. The third-order valence-corrected chi connectivity index (χ3v) is 4.26. The SMILES string of the molecule is COc1ccccc1OCC(=O)Nc1ccc(NCc2ccc(Cl)cc2)cc1. The molecule has 6 heteroatoms. The van der Waals surface area contributed by atoms with Crippen LogP contribution in [0.3, 0.4) is 0 Å². The summed E-state index contributed by atoms with van der Waals surface area (Å²) in [6, 6.07) is 22.4. The number of hydrogen-bond acceptors (Lipinski definition) is 4. The van der Waals surface area contributed by atoms with Crippen LogP contribution < -0.4 is 20.1 Å². The standard InChI is InChI=1S/C22H21ClN2O3/c1-27-20-4-2-3-5-21(20)28-15-22(26)25-19-12-10-18(11-13-19)24-14-16-6-8-17(23)9-7-16/h2-13,24H,14-15H2,1H3,(H,25,26). The molecule has 0 bridgehead atoms. The molecule has 5 nitrogen and oxygen atoms in total. The molecule has 0 aliphatic carbocycles. The molecule has 28 heavy (non-hydrogen) atoms. The Hall–Kier alpha value is -3.18. The number of rotatable bonds is 8. The van der Waals surface area contributed by atoms with E-state index >= 15 is 0 Å². The van der Waals surface area contributed by atoms with Gasteiger partial charge in [0.25, 0.3) is 5.91 Å². The van der Waals surface area contributed by atoms with E-state index < -0.39 is 0 Å². The summed E-state index contributed by atoms with van der Waals surface area (Å²) in [6.07, 6.45) is 0. The average Bonchev–Trinajstić information content (AvgIpc) is 2.73. The van der Waals surface area contributed by atoms with Crippen molar-refractivity contribution in [3.8, 4) is 11.5 Å². The Morgan fingerprint density at radius 3 is 2.21 bits per heavy atom. The van der Waals surface area contributed by atoms with Gasteiger partial charge >= 0.3 is 0 Å². The Morgan fingerprint density at radius 1 is 0.893 bits per heavy atom. The smallest absolute Gasteiger partial charge is 0.262 e. The van der Waals surface area contributed by atoms with Gasteiger partial charge in [-0.3, -0.25) is 4.79 Å². The Bertz CT molecular complexity index is 912. The zero-order valence-electron chi connectivity index (χ0n) is 15.4. The Labute approximate surface area is 169 Å². The van der Waals surface area contributed by atoms with Crippen LogP contribution in [0.15, 0.2) is 72.8 Å². The first-order valence-electron chi connectivity index (χ1n) is 8.78. The number of nitrogens with one attached hydrogen (secondary N) is 2. The highest BCUT2D eigenvalue weighted by molar-refractivity contribution is 6.30. The van der Waals surface area contributed by atoms with Crippen molar-refractivity contribution in [1.29, 1.82) is 0 Å². The fourth-order valence-electron chi connectivity index (χ4n) is 2.56. The minimum Gasteiger partial charge on any atom is -0.493 e. The quantitative estimate of drug-likeness (QED) is 0.563. The van der Waals surface area contributed by atoms with Crippen molar-refractivity contribution in [3.05, 3.63) is 83.4 Å². The van der Waals surface area contributed by atoms with E-state index in [1.165, 1.54) is 0 Å². The van der Waals surface area contributed by atoms with Gasteiger partial charge in [-0.15, -0.1) is 0 Å². The van der Waals surface area contributed by atoms with Crippen molar-refractivity contribution >= 4 is 28.9 Å². The monoisotopic (exact) mass is 396 g/mol. The molecule has 3 rings (SSSR count). The fourth-order valence-corrected chi connectivity index (χ4v) is 2.68. The van der Waals surface area contributed by atoms with Crippen molar-refractivity contribution in [1.82, 2.24) is 0 Å². The summed E-state index contributed by atoms with van der Waals surface area (Å²) in [5, 5.41) is 6.86. The Morgan fingerprint density at radius 2 is 1.54 bits per heavy atom. The highest BCUT2D eigenvalue weighted by Gasteiger charge is 2.07. The fraction of sp³-hybridized carbons (Fsp3) is 0.136. The van der Waals surface area contributed by atoms with Crippen LogP contribution in [0, 0.1) is 0 Å². The summed E-state index contributed by atoms with van der Waals surface area (Å²) in [4.78, 5) is 12.1. The van der Waals surface area contributed by atoms with Gasteiger partial charge in [-0.25, -0.2) is 0 Å². The number of halogens is 1. The van der Waals surface area contributed by atoms with Gasteiger partial charge < -0.3 is 20.1 Å². The highest BCUT2D eigenvalue weighted by Crippen LogP contribution is 2.25. The second-order valence-electron chi connectivity index (χ2n) is 6.05. The second kappa shape index (κ2) is 9.67. The lowest BCUT2D eigenvalue weighted by Gasteiger charge is -2.11. The van der Waals surface area contributed by atoms with Gasteiger partial charge in [-0.1, -0.05) is 35.9 Å². The van der Waals surface area contributed by atoms with Crippen LogP contribution in [-0.4, -0.2) is 19.6 Å². The van der Waals surface area contributed by atoms with E-state index in [-0.39, 0.29) is 12.5 Å². The molecule has 3 aromatic carbocycles. The molecule has 0 unspecified atom stereocenters. The second-order valence-corrected chi connectivity index (χ2v) is 6.48. The van der Waals surface area contributed by atoms with E-state index in [4.69, 9.17) is 21.1 Å². The van der Waals surface area contributed by atoms with E-state index in [0.717, 1.165) is 16.3 Å². The van der Waals surface area contributed by atoms with Gasteiger partial charge in [-0.05, 0) is 54.1 Å². The third-order valence-electron chi connectivity index (χ3n) is 4.01. The van der Waals surface area contributed by atoms with Crippen LogP contribution in [0.1, 0.15) is 5.56 Å². The molecule has 0 fully saturated rings. The first-order chi connectivity index (χ1) is 13.6. The van der Waals surface area contributed by atoms with Crippen LogP contribution in [0.5, 0.6) is 11.5 Å². The van der Waals surface area contributed by atoms with Gasteiger partial charge in [0, 0.05) is 22.9 Å². The summed E-state index contributed by atoms with van der Waals surface area (Å²) in [7, 11) is 1.56. The molecular formula is C22H21ClN2O3. The van der Waals surface area contributed by atoms with Crippen molar-refractivity contribution in [2.24, 2.45) is 0 Å². The molecule has 0 aliphatic rings. The van der Waals surface area contributed by atoms with Gasteiger partial charge in [0.2, 0.25) is 0 Å². The first-order valence-corrected chi connectivity index (χ1v) is 9.16. The van der Waals surface area contributed by atoms with Gasteiger partial charge in [0.1, 0.15) is 0 Å². The number of anilines is 2. The van der Waals surface area contributed by atoms with Gasteiger partial charge in [0.15, 0.2) is 18.1 Å². The number of ether oxygens (including phenoxy) is 2. The van der Waals surface area contributed by atoms with E-state index in [1.54, 1.807) is 19.2 Å². The van der Waals surface area contributed by atoms with Crippen LogP contribution >= 0.6 is 11.6 Å². The molecule has 0 heterocycles. The first kappa shape index (κ1) is 19.6. The lowest BCUT2D eigenvalue weighted by Crippen LogP contribution is -2.20. The lowest BCUT2D eigenvalue weighted by molar-refractivity contribution is -0.118. The number of benzene rings is 3. The van der Waals surface area contributed by atoms with Crippen molar-refractivity contribution in [2.45, 2.75) is 6.54 Å². The zero-order chi connectivity index (χ0) is 19.8. The predicted molar refractivity (Wildman–Crippen MR) is 112 cm³/mol. The molecule has 0 aromatic heterocycles. The zero-order valence-corrected chi connectivity index (χ0v) is 16.2. The topological polar surface area (TPSA) is 59.6 Å². The molecule has 0 radical (unpaired) electrons. The number of amides is 1. The largest absolute Gasteiger partial charge is 0.493 e. The van der Waals surface area contributed by atoms with Gasteiger partial charge in [0.05, 0.1) is 7.11 Å². The maximum Gasteiger partial charge on any atom is 0.262 e. The minimum absolute atomic E-state index is 0.100. The summed E-state index contributed by atoms with van der Waals surface area (Å²) in [5.41, 5.74) is 2.79. The normalized spacial score (nSPS) is 10.2. The summed E-state index contributed by atoms with van der Waals surface area (Å²) in [5.74, 6) is 0.876. The molecule has 0 saturated heterocycles. The third kappa shape index (κ3) is 5.66. The summed E-state index contributed by atoms with van der Waals surface area (Å²) in [6.45, 7) is 0.590. The predicted octanol–water partition coefficient (Wildman–Crippen LogP) is 4.98. The average molecular weight is 397 g/mol. The Balaban J connectivity index is 1.48. The van der Waals surface area contributed by atoms with Crippen LogP contribution in [0.4, 0.5) is 11.4 Å². The highest BCUT2D eigenvalue weighted by atomic mass is 35.5. The summed E-state index contributed by atoms with van der Waals surface area (Å²) >= 11 is 5.89. The molecule has 0 saturated carbocycles. The number of carbonyl (C=O) groups is 1. The number of methoxy groups -OCH3 is 1. The minimum atomic E-state index is -0.243. The number of hydrogen-bond donors (Lipinski definition) is 2. The number of para-hydroxylation sites is 2. The summed E-state index contributed by atoms with van der Waals surface area (Å²) < 4.78 is 10.7. The van der Waals surface area contributed by atoms with E-state index in [2.05, 4.69) is 10.6 Å². The van der Waals surface area contributed by atoms with Crippen LogP contribution in [-0.2, 0) is 11.3 Å². The molecule has 0 aliphatic heterocycles. The molecule has 0 spiro atoms. The van der Waals surface area contributed by atoms with E-state index in [0.29, 0.717) is 23.7 Å². The van der Waals surface area contributed by atoms with E-state index in [1.807, 2.05) is 60.7 Å². The molecule has 2 N–H and O–H groups in total. The van der Waals surface area contributed by atoms with E-state index in [9.17, 15) is 4.79 Å². The Kier molecular flexibility index (Phi) is 6.76. The number of carbonyl (C=O) groups excluding carboxylic acids is 1. The van der Waals surface area contributed by atoms with Crippen molar-refractivity contribution < 1.29 is 14.3 Å². The maximum absolute atomic E-state index is 12.1.